The van der Waals surface area contributed by atoms with E-state index in [1.807, 2.05) is 27.7 Å². The number of sulfonamides is 1. The Morgan fingerprint density at radius 1 is 1.13 bits per heavy atom. The fraction of sp³-hybridized carbons (Fsp3) is 0.619. The second-order valence-electron chi connectivity index (χ2n) is 8.94. The van der Waals surface area contributed by atoms with Gasteiger partial charge in [-0.2, -0.15) is 4.72 Å². The van der Waals surface area contributed by atoms with Crippen LogP contribution in [0.25, 0.3) is 0 Å². The molecular weight excluding hydrogens is 420 g/mol. The van der Waals surface area contributed by atoms with E-state index in [2.05, 4.69) is 20.7 Å². The maximum Gasteiger partial charge on any atom is 0.322 e. The van der Waals surface area contributed by atoms with Gasteiger partial charge in [0.25, 0.3) is 0 Å². The van der Waals surface area contributed by atoms with Crippen LogP contribution in [-0.2, 0) is 19.6 Å². The Hall–Kier alpha value is -2.01. The summed E-state index contributed by atoms with van der Waals surface area (Å²) in [5.41, 5.74) is 0.795. The molecule has 1 aromatic rings. The van der Waals surface area contributed by atoms with Crippen molar-refractivity contribution in [3.63, 3.8) is 0 Å². The average Bonchev–Trinajstić information content (AvgIpc) is 2.66. The predicted molar refractivity (Wildman–Crippen MR) is 120 cm³/mol. The Kier molecular flexibility index (Phi) is 10.1. The molecule has 0 aliphatic carbocycles. The van der Waals surface area contributed by atoms with Gasteiger partial charge >= 0.3 is 5.97 Å². The van der Waals surface area contributed by atoms with Gasteiger partial charge < -0.3 is 21.1 Å². The van der Waals surface area contributed by atoms with Crippen LogP contribution in [0.5, 0.6) is 0 Å². The number of carboxylic acid groups (broad SMARTS) is 1. The van der Waals surface area contributed by atoms with Crippen molar-refractivity contribution in [3.05, 3.63) is 29.8 Å². The molecule has 1 aliphatic heterocycles. The van der Waals surface area contributed by atoms with Crippen molar-refractivity contribution in [2.45, 2.75) is 64.1 Å². The van der Waals surface area contributed by atoms with Gasteiger partial charge in [-0.1, -0.05) is 31.5 Å². The molecule has 31 heavy (non-hydrogen) atoms. The molecule has 0 saturated carbocycles. The number of aliphatic carboxylic acids is 1. The molecule has 1 heterocycles. The molecule has 1 fully saturated rings. The summed E-state index contributed by atoms with van der Waals surface area (Å²) >= 11 is 0. The largest absolute Gasteiger partial charge is 0.480 e. The Morgan fingerprint density at radius 2 is 1.71 bits per heavy atom. The molecule has 1 aliphatic rings. The fourth-order valence-electron chi connectivity index (χ4n) is 2.72. The number of carbonyl (C=O) groups excluding carboxylic acids is 1. The monoisotopic (exact) mass is 456 g/mol. The van der Waals surface area contributed by atoms with Crippen molar-refractivity contribution in [1.82, 2.24) is 20.7 Å². The number of aryl methyl sites for hydroxylation is 1. The van der Waals surface area contributed by atoms with E-state index in [1.165, 1.54) is 12.1 Å². The number of hydrogen-bond acceptors (Lipinski definition) is 6. The second-order valence-corrected chi connectivity index (χ2v) is 10.7. The van der Waals surface area contributed by atoms with E-state index in [-0.39, 0.29) is 28.3 Å². The number of carboxylic acids is 1. The van der Waals surface area contributed by atoms with Gasteiger partial charge in [0.15, 0.2) is 0 Å². The third-order valence-corrected chi connectivity index (χ3v) is 5.86. The number of nitrogens with one attached hydrogen (secondary N) is 4. The highest BCUT2D eigenvalue weighted by molar-refractivity contribution is 7.89. The fourth-order valence-corrected chi connectivity index (χ4v) is 4.06. The van der Waals surface area contributed by atoms with Crippen LogP contribution in [0.1, 0.15) is 40.2 Å². The second kappa shape index (κ2) is 11.6. The van der Waals surface area contributed by atoms with Gasteiger partial charge in [-0.25, -0.2) is 8.42 Å². The zero-order valence-electron chi connectivity index (χ0n) is 19.2. The highest BCUT2D eigenvalue weighted by Gasteiger charge is 2.28. The lowest BCUT2D eigenvalue weighted by Crippen LogP contribution is -2.58. The van der Waals surface area contributed by atoms with E-state index in [0.29, 0.717) is 0 Å². The lowest BCUT2D eigenvalue weighted by Gasteiger charge is -2.28. The van der Waals surface area contributed by atoms with E-state index in [1.54, 1.807) is 26.0 Å². The van der Waals surface area contributed by atoms with Crippen LogP contribution in [0.2, 0.25) is 0 Å². The standard InChI is InChI=1S/C12H17NO4S.C9H19N3O/c1-8(2)11(12(14)15)13-18(16,17)10-6-4-9(3)5-7-10;1-9(2,3)12-8(13)7-6-10-4-5-11-7/h4-8,11,13H,1-3H3,(H,14,15);7,10-11H,4-6H2,1-3H3,(H,12,13)/t11-;7-/m00/s1. The van der Waals surface area contributed by atoms with Gasteiger partial charge in [0, 0.05) is 25.2 Å². The number of rotatable bonds is 6. The van der Waals surface area contributed by atoms with Gasteiger partial charge in [-0.3, -0.25) is 9.59 Å². The molecule has 9 nitrogen and oxygen atoms in total. The number of carbonyl (C=O) groups is 2. The first-order valence-electron chi connectivity index (χ1n) is 10.3. The highest BCUT2D eigenvalue weighted by Crippen LogP contribution is 2.13. The number of hydrogen-bond donors (Lipinski definition) is 5. The summed E-state index contributed by atoms with van der Waals surface area (Å²) in [6, 6.07) is 5.04. The Morgan fingerprint density at radius 3 is 2.13 bits per heavy atom. The smallest absolute Gasteiger partial charge is 0.322 e. The van der Waals surface area contributed by atoms with Crippen LogP contribution in [0.15, 0.2) is 29.2 Å². The maximum absolute atomic E-state index is 12.0. The van der Waals surface area contributed by atoms with Crippen LogP contribution in [0.3, 0.4) is 0 Å². The molecule has 0 radical (unpaired) electrons. The zero-order chi connectivity index (χ0) is 23.8. The summed E-state index contributed by atoms with van der Waals surface area (Å²) in [4.78, 5) is 22.6. The SMILES string of the molecule is CC(C)(C)NC(=O)[C@@H]1CNCCN1.Cc1ccc(S(=O)(=O)N[C@H](C(=O)O)C(C)C)cc1. The van der Waals surface area contributed by atoms with Gasteiger partial charge in [0.2, 0.25) is 15.9 Å². The van der Waals surface area contributed by atoms with Gasteiger partial charge in [-0.05, 0) is 45.7 Å². The number of benzene rings is 1. The molecule has 1 aromatic carbocycles. The summed E-state index contributed by atoms with van der Waals surface area (Å²) in [6.45, 7) is 13.6. The lowest BCUT2D eigenvalue weighted by molar-refractivity contribution is -0.140. The van der Waals surface area contributed by atoms with Gasteiger partial charge in [0.1, 0.15) is 6.04 Å². The number of piperazine rings is 1. The summed E-state index contributed by atoms with van der Waals surface area (Å²) in [6.07, 6.45) is 0. The normalized spacial score (nSPS) is 18.0. The Labute approximate surface area is 185 Å². The van der Waals surface area contributed by atoms with E-state index >= 15 is 0 Å². The first kappa shape index (κ1) is 27.0. The molecule has 0 spiro atoms. The zero-order valence-corrected chi connectivity index (χ0v) is 20.0. The Bertz CT molecular complexity index is 826. The molecule has 0 aromatic heterocycles. The van der Waals surface area contributed by atoms with Crippen LogP contribution in [0, 0.1) is 12.8 Å². The highest BCUT2D eigenvalue weighted by atomic mass is 32.2. The van der Waals surface area contributed by atoms with Gasteiger partial charge in [0.05, 0.1) is 10.9 Å². The maximum atomic E-state index is 12.0. The number of amides is 1. The van der Waals surface area contributed by atoms with Crippen LogP contribution < -0.4 is 20.7 Å². The minimum absolute atomic E-state index is 0.0694. The third-order valence-electron chi connectivity index (χ3n) is 4.40. The average molecular weight is 457 g/mol. The van der Waals surface area contributed by atoms with Gasteiger partial charge in [-0.15, -0.1) is 0 Å². The van der Waals surface area contributed by atoms with Crippen molar-refractivity contribution in [2.75, 3.05) is 19.6 Å². The van der Waals surface area contributed by atoms with Crippen LogP contribution in [0.4, 0.5) is 0 Å². The van der Waals surface area contributed by atoms with Crippen molar-refractivity contribution in [2.24, 2.45) is 5.92 Å². The quantitative estimate of drug-likeness (QED) is 0.428. The molecule has 1 saturated heterocycles. The summed E-state index contributed by atoms with van der Waals surface area (Å²) in [5, 5.41) is 18.3. The third kappa shape index (κ3) is 9.77. The molecule has 5 N–H and O–H groups in total. The van der Waals surface area contributed by atoms with E-state index in [9.17, 15) is 18.0 Å². The minimum Gasteiger partial charge on any atom is -0.480 e. The summed E-state index contributed by atoms with van der Waals surface area (Å²) in [5.74, 6) is -1.43. The molecule has 1 amide bonds. The topological polar surface area (TPSA) is 137 Å². The van der Waals surface area contributed by atoms with Crippen LogP contribution >= 0.6 is 0 Å². The molecule has 0 bridgehead atoms. The van der Waals surface area contributed by atoms with Crippen LogP contribution in [-0.4, -0.2) is 62.7 Å². The molecule has 176 valence electrons. The van der Waals surface area contributed by atoms with E-state index in [0.717, 1.165) is 25.2 Å². The predicted octanol–water partition coefficient (Wildman–Crippen LogP) is 0.845. The minimum atomic E-state index is -3.80. The molecule has 2 atom stereocenters. The van der Waals surface area contributed by atoms with Crippen molar-refractivity contribution in [3.8, 4) is 0 Å². The van der Waals surface area contributed by atoms with Crippen molar-refractivity contribution >= 4 is 21.9 Å². The summed E-state index contributed by atoms with van der Waals surface area (Å²) in [7, 11) is -3.80. The van der Waals surface area contributed by atoms with Crippen molar-refractivity contribution in [1.29, 1.82) is 0 Å². The first-order chi connectivity index (χ1) is 14.2. The van der Waals surface area contributed by atoms with E-state index < -0.39 is 22.0 Å². The van der Waals surface area contributed by atoms with Crippen molar-refractivity contribution < 1.29 is 23.1 Å². The molecule has 0 unspecified atom stereocenters. The molecule has 2 rings (SSSR count). The lowest BCUT2D eigenvalue weighted by atomic mass is 10.1. The first-order valence-corrected chi connectivity index (χ1v) is 11.8. The Balaban J connectivity index is 0.000000327. The summed E-state index contributed by atoms with van der Waals surface area (Å²) < 4.78 is 26.2. The molecular formula is C21H36N4O5S. The van der Waals surface area contributed by atoms with E-state index in [4.69, 9.17) is 5.11 Å². The molecule has 10 heteroatoms.